The standard InChI is InChI=1S/C15H18N4O3/c1-18(2)15(20)14-12-9-22-13(8-19(12)17-16-14)10-4-6-11(21-3)7-5-10/h4-7,13H,8-9H2,1-3H3/t13-/m0/s1. The van der Waals surface area contributed by atoms with Crippen molar-refractivity contribution in [2.75, 3.05) is 21.2 Å². The van der Waals surface area contributed by atoms with Crippen molar-refractivity contribution < 1.29 is 14.3 Å². The lowest BCUT2D eigenvalue weighted by Gasteiger charge is -2.24. The number of hydrogen-bond acceptors (Lipinski definition) is 5. The second kappa shape index (κ2) is 5.76. The van der Waals surface area contributed by atoms with Gasteiger partial charge in [-0.15, -0.1) is 5.10 Å². The van der Waals surface area contributed by atoms with Crippen LogP contribution in [-0.2, 0) is 17.9 Å². The summed E-state index contributed by atoms with van der Waals surface area (Å²) in [6.07, 6.45) is -0.109. The van der Waals surface area contributed by atoms with Crippen molar-refractivity contribution in [3.8, 4) is 5.75 Å². The van der Waals surface area contributed by atoms with Gasteiger partial charge in [0.2, 0.25) is 0 Å². The molecule has 116 valence electrons. The van der Waals surface area contributed by atoms with E-state index in [1.54, 1.807) is 25.9 Å². The first-order valence-corrected chi connectivity index (χ1v) is 6.99. The van der Waals surface area contributed by atoms with E-state index < -0.39 is 0 Å². The smallest absolute Gasteiger partial charge is 0.275 e. The SMILES string of the molecule is COc1ccc([C@@H]2Cn3nnc(C(=O)N(C)C)c3CO2)cc1. The number of methoxy groups -OCH3 is 1. The molecule has 1 aliphatic heterocycles. The Hall–Kier alpha value is -2.41. The van der Waals surface area contributed by atoms with Crippen molar-refractivity contribution in [2.24, 2.45) is 0 Å². The molecule has 7 heteroatoms. The van der Waals surface area contributed by atoms with Crippen molar-refractivity contribution in [3.63, 3.8) is 0 Å². The molecule has 0 saturated heterocycles. The summed E-state index contributed by atoms with van der Waals surface area (Å²) in [4.78, 5) is 13.5. The summed E-state index contributed by atoms with van der Waals surface area (Å²) in [6.45, 7) is 0.855. The van der Waals surface area contributed by atoms with E-state index in [-0.39, 0.29) is 12.0 Å². The van der Waals surface area contributed by atoms with Crippen LogP contribution < -0.4 is 4.74 Å². The average molecular weight is 302 g/mol. The lowest BCUT2D eigenvalue weighted by Crippen LogP contribution is -2.26. The Bertz CT molecular complexity index is 679. The van der Waals surface area contributed by atoms with Crippen molar-refractivity contribution in [1.82, 2.24) is 19.9 Å². The number of ether oxygens (including phenoxy) is 2. The number of amides is 1. The first-order chi connectivity index (χ1) is 10.6. The molecular weight excluding hydrogens is 284 g/mol. The normalized spacial score (nSPS) is 17.0. The molecule has 0 spiro atoms. The van der Waals surface area contributed by atoms with Gasteiger partial charge in [0.25, 0.3) is 5.91 Å². The van der Waals surface area contributed by atoms with E-state index in [1.807, 2.05) is 24.3 Å². The van der Waals surface area contributed by atoms with Crippen molar-refractivity contribution >= 4 is 5.91 Å². The number of rotatable bonds is 3. The van der Waals surface area contributed by atoms with Crippen LogP contribution in [0.15, 0.2) is 24.3 Å². The maximum Gasteiger partial charge on any atom is 0.275 e. The topological polar surface area (TPSA) is 69.5 Å². The Morgan fingerprint density at radius 2 is 2.09 bits per heavy atom. The van der Waals surface area contributed by atoms with E-state index in [9.17, 15) is 4.79 Å². The van der Waals surface area contributed by atoms with Crippen molar-refractivity contribution in [1.29, 1.82) is 0 Å². The van der Waals surface area contributed by atoms with Crippen LogP contribution in [0.1, 0.15) is 27.8 Å². The van der Waals surface area contributed by atoms with E-state index in [1.165, 1.54) is 4.90 Å². The highest BCUT2D eigenvalue weighted by molar-refractivity contribution is 5.92. The van der Waals surface area contributed by atoms with Gasteiger partial charge in [0, 0.05) is 14.1 Å². The molecule has 0 fully saturated rings. The molecule has 1 aromatic heterocycles. The third-order valence-electron chi connectivity index (χ3n) is 3.69. The van der Waals surface area contributed by atoms with E-state index in [0.29, 0.717) is 18.8 Å². The molecule has 0 aliphatic carbocycles. The summed E-state index contributed by atoms with van der Waals surface area (Å²) in [5, 5.41) is 8.08. The Labute approximate surface area is 128 Å². The molecule has 0 N–H and O–H groups in total. The summed E-state index contributed by atoms with van der Waals surface area (Å²) in [5.74, 6) is 0.646. The molecule has 1 aromatic carbocycles. The van der Waals surface area contributed by atoms with Gasteiger partial charge in [-0.25, -0.2) is 4.68 Å². The molecule has 0 saturated carbocycles. The minimum atomic E-state index is -0.159. The van der Waals surface area contributed by atoms with Gasteiger partial charge in [0.15, 0.2) is 5.69 Å². The van der Waals surface area contributed by atoms with E-state index >= 15 is 0 Å². The van der Waals surface area contributed by atoms with Gasteiger partial charge in [0.05, 0.1) is 26.0 Å². The van der Waals surface area contributed by atoms with E-state index in [4.69, 9.17) is 9.47 Å². The molecule has 1 atom stereocenters. The summed E-state index contributed by atoms with van der Waals surface area (Å²) >= 11 is 0. The molecule has 2 aromatic rings. The molecule has 1 aliphatic rings. The first-order valence-electron chi connectivity index (χ1n) is 6.99. The zero-order chi connectivity index (χ0) is 15.7. The zero-order valence-corrected chi connectivity index (χ0v) is 12.8. The quantitative estimate of drug-likeness (QED) is 0.853. The van der Waals surface area contributed by atoms with Gasteiger partial charge in [0.1, 0.15) is 11.9 Å². The van der Waals surface area contributed by atoms with Crippen LogP contribution in [0.25, 0.3) is 0 Å². The highest BCUT2D eigenvalue weighted by Gasteiger charge is 2.28. The van der Waals surface area contributed by atoms with Gasteiger partial charge >= 0.3 is 0 Å². The number of benzene rings is 1. The van der Waals surface area contributed by atoms with Gasteiger partial charge in [-0.3, -0.25) is 4.79 Å². The second-order valence-corrected chi connectivity index (χ2v) is 5.34. The number of hydrogen-bond donors (Lipinski definition) is 0. The fourth-order valence-electron chi connectivity index (χ4n) is 2.41. The fraction of sp³-hybridized carbons (Fsp3) is 0.400. The van der Waals surface area contributed by atoms with Gasteiger partial charge in [-0.05, 0) is 17.7 Å². The zero-order valence-electron chi connectivity index (χ0n) is 12.8. The Morgan fingerprint density at radius 1 is 1.36 bits per heavy atom. The van der Waals surface area contributed by atoms with Gasteiger partial charge in [-0.2, -0.15) is 0 Å². The lowest BCUT2D eigenvalue weighted by atomic mass is 10.1. The minimum absolute atomic E-state index is 0.109. The summed E-state index contributed by atoms with van der Waals surface area (Å²) in [7, 11) is 5.02. The van der Waals surface area contributed by atoms with Gasteiger partial charge in [-0.1, -0.05) is 17.3 Å². The van der Waals surface area contributed by atoms with E-state index in [0.717, 1.165) is 17.0 Å². The largest absolute Gasteiger partial charge is 0.497 e. The molecule has 0 radical (unpaired) electrons. The molecule has 22 heavy (non-hydrogen) atoms. The maximum atomic E-state index is 12.0. The Kier molecular flexibility index (Phi) is 3.81. The highest BCUT2D eigenvalue weighted by Crippen LogP contribution is 2.28. The third kappa shape index (κ3) is 2.55. The van der Waals surface area contributed by atoms with E-state index in [2.05, 4.69) is 10.3 Å². The lowest BCUT2D eigenvalue weighted by molar-refractivity contribution is -0.00190. The minimum Gasteiger partial charge on any atom is -0.497 e. The number of carbonyl (C=O) groups excluding carboxylic acids is 1. The second-order valence-electron chi connectivity index (χ2n) is 5.34. The summed E-state index contributed by atoms with van der Waals surface area (Å²) in [6, 6.07) is 7.74. The predicted molar refractivity (Wildman–Crippen MR) is 78.6 cm³/mol. The Morgan fingerprint density at radius 3 is 2.73 bits per heavy atom. The van der Waals surface area contributed by atoms with Crippen molar-refractivity contribution in [3.05, 3.63) is 41.2 Å². The van der Waals surface area contributed by atoms with Crippen LogP contribution in [0.5, 0.6) is 5.75 Å². The van der Waals surface area contributed by atoms with Crippen LogP contribution in [0, 0.1) is 0 Å². The molecule has 0 unspecified atom stereocenters. The molecule has 2 heterocycles. The monoisotopic (exact) mass is 302 g/mol. The van der Waals surface area contributed by atoms with Crippen molar-refractivity contribution in [2.45, 2.75) is 19.3 Å². The predicted octanol–water partition coefficient (Wildman–Crippen LogP) is 1.26. The summed E-state index contributed by atoms with van der Waals surface area (Å²) < 4.78 is 12.8. The number of fused-ring (bicyclic) bond motifs is 1. The highest BCUT2D eigenvalue weighted by atomic mass is 16.5. The third-order valence-corrected chi connectivity index (χ3v) is 3.69. The van der Waals surface area contributed by atoms with Crippen LogP contribution in [0.3, 0.4) is 0 Å². The molecule has 7 nitrogen and oxygen atoms in total. The van der Waals surface area contributed by atoms with Gasteiger partial charge < -0.3 is 14.4 Å². The number of nitrogens with zero attached hydrogens (tertiary/aromatic N) is 4. The van der Waals surface area contributed by atoms with Crippen LogP contribution >= 0.6 is 0 Å². The first kappa shape index (κ1) is 14.5. The fourth-order valence-corrected chi connectivity index (χ4v) is 2.41. The maximum absolute atomic E-state index is 12.0. The number of aromatic nitrogens is 3. The number of carbonyl (C=O) groups is 1. The van der Waals surface area contributed by atoms with Crippen LogP contribution in [-0.4, -0.2) is 47.0 Å². The molecular formula is C15H18N4O3. The van der Waals surface area contributed by atoms with Crippen LogP contribution in [0.4, 0.5) is 0 Å². The Balaban J connectivity index is 1.81. The molecule has 1 amide bonds. The molecule has 0 bridgehead atoms. The molecule has 3 rings (SSSR count). The summed E-state index contributed by atoms with van der Waals surface area (Å²) in [5.41, 5.74) is 2.13. The average Bonchev–Trinajstić information content (AvgIpc) is 2.97. The van der Waals surface area contributed by atoms with Crippen LogP contribution in [0.2, 0.25) is 0 Å².